The second-order valence-electron chi connectivity index (χ2n) is 3.12. The van der Waals surface area contributed by atoms with Crippen LogP contribution in [-0.2, 0) is 0 Å². The highest BCUT2D eigenvalue weighted by Gasteiger charge is 2.37. The zero-order chi connectivity index (χ0) is 8.77. The molecule has 1 aromatic heterocycles. The van der Waals surface area contributed by atoms with E-state index in [2.05, 4.69) is 10.1 Å². The molecular formula is C7H9N3OS. The molecule has 0 saturated heterocycles. The maximum atomic E-state index is 8.79. The minimum absolute atomic E-state index is 0.182. The molecule has 0 aromatic carbocycles. The number of aromatic nitrogens is 2. The quantitative estimate of drug-likeness (QED) is 0.488. The molecule has 0 aliphatic carbocycles. The van der Waals surface area contributed by atoms with Crippen LogP contribution in [-0.4, -0.2) is 25.3 Å². The fourth-order valence-electron chi connectivity index (χ4n) is 1.26. The van der Waals surface area contributed by atoms with Crippen molar-refractivity contribution in [2.45, 2.75) is 23.8 Å². The molecule has 1 aliphatic heterocycles. The molecule has 2 rings (SSSR count). The van der Waals surface area contributed by atoms with Gasteiger partial charge in [0.25, 0.3) is 0 Å². The van der Waals surface area contributed by atoms with Crippen LogP contribution in [0.2, 0.25) is 0 Å². The summed E-state index contributed by atoms with van der Waals surface area (Å²) in [6.45, 7) is 4.00. The smallest absolute Gasteiger partial charge is 0.174 e. The van der Waals surface area contributed by atoms with Gasteiger partial charge in [0.1, 0.15) is 0 Å². The first-order valence-electron chi connectivity index (χ1n) is 3.60. The maximum Gasteiger partial charge on any atom is 0.174 e. The number of nitrogens with zero attached hydrogens (tertiary/aromatic N) is 3. The normalized spacial score (nSPS) is 23.0. The van der Waals surface area contributed by atoms with E-state index in [1.54, 1.807) is 28.7 Å². The number of thioether (sulfide) groups is 1. The first-order valence-corrected chi connectivity index (χ1v) is 4.42. The van der Waals surface area contributed by atoms with Crippen LogP contribution in [0, 0.1) is 0 Å². The summed E-state index contributed by atoms with van der Waals surface area (Å²) in [7, 11) is 0. The molecule has 0 spiro atoms. The molecule has 0 radical (unpaired) electrons. The SMILES string of the molecule is CC1(C)Sc2nccn2/C1=N/O. The van der Waals surface area contributed by atoms with Crippen molar-refractivity contribution in [2.24, 2.45) is 5.16 Å². The van der Waals surface area contributed by atoms with Crippen molar-refractivity contribution in [2.75, 3.05) is 0 Å². The van der Waals surface area contributed by atoms with Crippen molar-refractivity contribution in [3.05, 3.63) is 12.4 Å². The van der Waals surface area contributed by atoms with Crippen LogP contribution in [0.3, 0.4) is 0 Å². The lowest BCUT2D eigenvalue weighted by atomic mass is 10.2. The Balaban J connectivity index is 2.56. The van der Waals surface area contributed by atoms with E-state index in [0.29, 0.717) is 5.84 Å². The van der Waals surface area contributed by atoms with E-state index in [9.17, 15) is 0 Å². The van der Waals surface area contributed by atoms with E-state index < -0.39 is 0 Å². The van der Waals surface area contributed by atoms with E-state index in [4.69, 9.17) is 5.21 Å². The number of fused-ring (bicyclic) bond motifs is 1. The Bertz CT molecular complexity index is 342. The second-order valence-corrected chi connectivity index (χ2v) is 4.71. The number of hydrogen-bond acceptors (Lipinski definition) is 4. The van der Waals surface area contributed by atoms with Crippen LogP contribution in [0.1, 0.15) is 13.8 Å². The Labute approximate surface area is 74.3 Å². The van der Waals surface area contributed by atoms with Gasteiger partial charge in [0.05, 0.1) is 4.75 Å². The molecular weight excluding hydrogens is 174 g/mol. The summed E-state index contributed by atoms with van der Waals surface area (Å²) < 4.78 is 1.61. The molecule has 4 nitrogen and oxygen atoms in total. The zero-order valence-corrected chi connectivity index (χ0v) is 7.67. The Kier molecular flexibility index (Phi) is 1.44. The van der Waals surface area contributed by atoms with Crippen molar-refractivity contribution >= 4 is 17.6 Å². The highest BCUT2D eigenvalue weighted by Crippen LogP contribution is 2.39. The molecule has 1 aliphatic rings. The third-order valence-corrected chi connectivity index (χ3v) is 2.99. The van der Waals surface area contributed by atoms with Gasteiger partial charge in [-0.25, -0.2) is 4.98 Å². The van der Waals surface area contributed by atoms with Gasteiger partial charge in [0.15, 0.2) is 11.0 Å². The highest BCUT2D eigenvalue weighted by molar-refractivity contribution is 8.01. The molecule has 0 unspecified atom stereocenters. The number of hydrogen-bond donors (Lipinski definition) is 1. The summed E-state index contributed by atoms with van der Waals surface area (Å²) in [4.78, 5) is 4.12. The van der Waals surface area contributed by atoms with Gasteiger partial charge < -0.3 is 5.21 Å². The van der Waals surface area contributed by atoms with Gasteiger partial charge in [-0.2, -0.15) is 0 Å². The van der Waals surface area contributed by atoms with Crippen LogP contribution in [0.5, 0.6) is 0 Å². The Morgan fingerprint density at radius 1 is 1.67 bits per heavy atom. The third-order valence-electron chi connectivity index (χ3n) is 1.81. The monoisotopic (exact) mass is 183 g/mol. The number of oxime groups is 1. The van der Waals surface area contributed by atoms with Crippen molar-refractivity contribution < 1.29 is 5.21 Å². The average Bonchev–Trinajstić information content (AvgIpc) is 2.43. The summed E-state index contributed by atoms with van der Waals surface area (Å²) in [5.41, 5.74) is 0. The topological polar surface area (TPSA) is 50.4 Å². The summed E-state index contributed by atoms with van der Waals surface area (Å²) >= 11 is 1.59. The predicted molar refractivity (Wildman–Crippen MR) is 46.8 cm³/mol. The minimum atomic E-state index is -0.182. The summed E-state index contributed by atoms with van der Waals surface area (Å²) in [5, 5.41) is 12.9. The molecule has 0 atom stereocenters. The molecule has 0 saturated carbocycles. The van der Waals surface area contributed by atoms with E-state index in [0.717, 1.165) is 5.16 Å². The first kappa shape index (κ1) is 7.67. The van der Waals surface area contributed by atoms with E-state index >= 15 is 0 Å². The summed E-state index contributed by atoms with van der Waals surface area (Å²) in [6.07, 6.45) is 3.49. The second kappa shape index (κ2) is 2.26. The standard InChI is InChI=1S/C7H9N3OS/c1-7(2)5(9-11)10-4-3-8-6(10)12-7/h3-4,11H,1-2H3/b9-5+. The molecule has 1 aromatic rings. The van der Waals surface area contributed by atoms with E-state index in [-0.39, 0.29) is 4.75 Å². The largest absolute Gasteiger partial charge is 0.409 e. The average molecular weight is 183 g/mol. The van der Waals surface area contributed by atoms with Gasteiger partial charge in [-0.05, 0) is 13.8 Å². The lowest BCUT2D eigenvalue weighted by Gasteiger charge is -2.14. The molecule has 12 heavy (non-hydrogen) atoms. The molecule has 2 heterocycles. The van der Waals surface area contributed by atoms with Crippen molar-refractivity contribution in [3.63, 3.8) is 0 Å². The molecule has 0 fully saturated rings. The summed E-state index contributed by atoms with van der Waals surface area (Å²) in [6, 6.07) is 0. The molecule has 0 amide bonds. The van der Waals surface area contributed by atoms with Gasteiger partial charge in [0.2, 0.25) is 0 Å². The Morgan fingerprint density at radius 2 is 2.42 bits per heavy atom. The van der Waals surface area contributed by atoms with E-state index in [1.807, 2.05) is 13.8 Å². The molecule has 5 heteroatoms. The Hall–Kier alpha value is -0.970. The van der Waals surface area contributed by atoms with Crippen molar-refractivity contribution in [3.8, 4) is 0 Å². The maximum absolute atomic E-state index is 8.79. The summed E-state index contributed by atoms with van der Waals surface area (Å²) in [5.74, 6) is 0.639. The van der Waals surface area contributed by atoms with Crippen molar-refractivity contribution in [1.82, 2.24) is 9.55 Å². The van der Waals surface area contributed by atoms with Gasteiger partial charge in [-0.3, -0.25) is 4.57 Å². The molecule has 1 N–H and O–H groups in total. The minimum Gasteiger partial charge on any atom is -0.409 e. The number of rotatable bonds is 0. The first-order chi connectivity index (χ1) is 5.65. The fraction of sp³-hybridized carbons (Fsp3) is 0.429. The van der Waals surface area contributed by atoms with Crippen LogP contribution >= 0.6 is 11.8 Å². The van der Waals surface area contributed by atoms with Crippen LogP contribution < -0.4 is 0 Å². The lowest BCUT2D eigenvalue weighted by Crippen LogP contribution is -2.27. The van der Waals surface area contributed by atoms with E-state index in [1.165, 1.54) is 0 Å². The molecule has 0 bridgehead atoms. The number of imidazole rings is 1. The Morgan fingerprint density at radius 3 is 3.08 bits per heavy atom. The van der Waals surface area contributed by atoms with Crippen LogP contribution in [0.4, 0.5) is 0 Å². The third kappa shape index (κ3) is 0.859. The highest BCUT2D eigenvalue weighted by atomic mass is 32.2. The van der Waals surface area contributed by atoms with Crippen LogP contribution in [0.15, 0.2) is 22.7 Å². The lowest BCUT2D eigenvalue weighted by molar-refractivity contribution is 0.314. The molecule has 64 valence electrons. The van der Waals surface area contributed by atoms with Crippen molar-refractivity contribution in [1.29, 1.82) is 0 Å². The fourth-order valence-corrected chi connectivity index (χ4v) is 2.31. The van der Waals surface area contributed by atoms with Gasteiger partial charge in [0, 0.05) is 12.4 Å². The zero-order valence-electron chi connectivity index (χ0n) is 6.85. The van der Waals surface area contributed by atoms with Crippen LogP contribution in [0.25, 0.3) is 0 Å². The van der Waals surface area contributed by atoms with Gasteiger partial charge >= 0.3 is 0 Å². The van der Waals surface area contributed by atoms with Gasteiger partial charge in [-0.15, -0.1) is 0 Å². The van der Waals surface area contributed by atoms with Gasteiger partial charge in [-0.1, -0.05) is 16.9 Å². The predicted octanol–water partition coefficient (Wildman–Crippen LogP) is 1.40.